The second-order valence-corrected chi connectivity index (χ2v) is 9.58. The average molecular weight is 499 g/mol. The summed E-state index contributed by atoms with van der Waals surface area (Å²) in [5.41, 5.74) is 4.70. The molecule has 3 heteroatoms. The van der Waals surface area contributed by atoms with Gasteiger partial charge in [-0.2, -0.15) is 0 Å². The maximum atomic E-state index is 7.02. The maximum absolute atomic E-state index is 7.02. The molecular weight excluding hydrogens is 468 g/mol. The molecule has 0 saturated carbocycles. The smallest absolute Gasteiger partial charge is 0.166 e. The average Bonchev–Trinajstić information content (AvgIpc) is 3.00. The molecule has 0 fully saturated rings. The van der Waals surface area contributed by atoms with Gasteiger partial charge < -0.3 is 14.2 Å². The van der Waals surface area contributed by atoms with Crippen LogP contribution in [-0.4, -0.2) is 0 Å². The second-order valence-electron chi connectivity index (χ2n) is 9.58. The lowest BCUT2D eigenvalue weighted by atomic mass is 9.78. The van der Waals surface area contributed by atoms with Crippen molar-refractivity contribution < 1.29 is 14.2 Å². The maximum Gasteiger partial charge on any atom is 0.166 e. The lowest BCUT2D eigenvalue weighted by molar-refractivity contribution is 0.0769. The normalized spacial score (nSPS) is 13.7. The predicted molar refractivity (Wildman–Crippen MR) is 151 cm³/mol. The molecule has 5 aromatic rings. The van der Waals surface area contributed by atoms with Crippen molar-refractivity contribution in [2.24, 2.45) is 0 Å². The van der Waals surface area contributed by atoms with Crippen molar-refractivity contribution in [2.75, 3.05) is 0 Å². The Bertz CT molecular complexity index is 1410. The third kappa shape index (κ3) is 4.88. The van der Waals surface area contributed by atoms with Gasteiger partial charge >= 0.3 is 0 Å². The Labute approximate surface area is 224 Å². The van der Waals surface area contributed by atoms with Gasteiger partial charge in [-0.1, -0.05) is 115 Å². The number of para-hydroxylation sites is 3. The molecule has 0 radical (unpaired) electrons. The van der Waals surface area contributed by atoms with E-state index in [0.29, 0.717) is 13.2 Å². The van der Waals surface area contributed by atoms with E-state index >= 15 is 0 Å². The molecule has 0 spiro atoms. The summed E-state index contributed by atoms with van der Waals surface area (Å²) >= 11 is 0. The Morgan fingerprint density at radius 3 is 1.58 bits per heavy atom. The van der Waals surface area contributed by atoms with Crippen LogP contribution in [0.3, 0.4) is 0 Å². The lowest BCUT2D eigenvalue weighted by Crippen LogP contribution is -2.39. The number of hydrogen-bond acceptors (Lipinski definition) is 3. The van der Waals surface area contributed by atoms with E-state index in [1.165, 1.54) is 5.56 Å². The third-order valence-corrected chi connectivity index (χ3v) is 7.12. The fourth-order valence-corrected chi connectivity index (χ4v) is 5.21. The van der Waals surface area contributed by atoms with E-state index in [2.05, 4.69) is 66.7 Å². The van der Waals surface area contributed by atoms with E-state index in [1.807, 2.05) is 66.7 Å². The molecule has 0 saturated heterocycles. The van der Waals surface area contributed by atoms with Crippen LogP contribution in [0.4, 0.5) is 0 Å². The summed E-state index contributed by atoms with van der Waals surface area (Å²) in [5, 5.41) is 0. The van der Waals surface area contributed by atoms with Crippen LogP contribution in [0.2, 0.25) is 0 Å². The fourth-order valence-electron chi connectivity index (χ4n) is 5.21. The Morgan fingerprint density at radius 2 is 1.00 bits per heavy atom. The summed E-state index contributed by atoms with van der Waals surface area (Å²) in [7, 11) is 0. The highest BCUT2D eigenvalue weighted by Gasteiger charge is 2.44. The minimum Gasteiger partial charge on any atom is -0.488 e. The molecule has 3 nitrogen and oxygen atoms in total. The summed E-state index contributed by atoms with van der Waals surface area (Å²) in [6.45, 7) is 0.966. The van der Waals surface area contributed by atoms with Gasteiger partial charge in [-0.25, -0.2) is 0 Å². The summed E-state index contributed by atoms with van der Waals surface area (Å²) in [5.74, 6) is 2.52. The van der Waals surface area contributed by atoms with Gasteiger partial charge in [-0.3, -0.25) is 0 Å². The molecule has 188 valence electrons. The Balaban J connectivity index is 1.43. The molecule has 1 aliphatic heterocycles. The van der Waals surface area contributed by atoms with Gasteiger partial charge in [0.25, 0.3) is 0 Å². The highest BCUT2D eigenvalue weighted by atomic mass is 16.5. The summed E-state index contributed by atoms with van der Waals surface area (Å²) in [6, 6.07) is 45.3. The van der Waals surface area contributed by atoms with Crippen LogP contribution >= 0.6 is 0 Å². The van der Waals surface area contributed by atoms with Crippen LogP contribution in [-0.2, 0) is 25.2 Å². The van der Waals surface area contributed by atoms with Gasteiger partial charge in [-0.15, -0.1) is 0 Å². The second kappa shape index (κ2) is 10.9. The van der Waals surface area contributed by atoms with Crippen molar-refractivity contribution in [3.8, 4) is 17.2 Å². The molecule has 6 rings (SSSR count). The molecule has 0 atom stereocenters. The predicted octanol–water partition coefficient (Wildman–Crippen LogP) is 8.11. The number of aryl methyl sites for hydroxylation is 1. The summed E-state index contributed by atoms with van der Waals surface area (Å²) < 4.78 is 19.9. The standard InChI is InChI=1S/C35H30O3/c1-3-13-27(14-4-1)25-36-33-21-11-8-18-30(33)35(24-23-29-17-7-10-20-32(29)38-35)31-19-9-12-22-34(31)37-26-28-15-5-2-6-16-28/h1-22H,23-26H2. The fraction of sp³-hybridized carbons (Fsp3) is 0.143. The molecule has 0 N–H and O–H groups in total. The van der Waals surface area contributed by atoms with Crippen LogP contribution < -0.4 is 14.2 Å². The van der Waals surface area contributed by atoms with E-state index in [9.17, 15) is 0 Å². The van der Waals surface area contributed by atoms with Crippen molar-refractivity contribution in [3.63, 3.8) is 0 Å². The number of hydrogen-bond donors (Lipinski definition) is 0. The highest BCUT2D eigenvalue weighted by Crippen LogP contribution is 2.49. The molecule has 0 unspecified atom stereocenters. The SMILES string of the molecule is c1ccc(COc2ccccc2C2(c3ccccc3OCc3ccccc3)CCc3ccccc3O2)cc1. The van der Waals surface area contributed by atoms with Gasteiger partial charge in [0.05, 0.1) is 0 Å². The van der Waals surface area contributed by atoms with Gasteiger partial charge in [-0.05, 0) is 41.3 Å². The molecular formula is C35H30O3. The van der Waals surface area contributed by atoms with E-state index in [1.54, 1.807) is 0 Å². The molecule has 38 heavy (non-hydrogen) atoms. The molecule has 0 amide bonds. The van der Waals surface area contributed by atoms with Crippen LogP contribution in [0.5, 0.6) is 17.2 Å². The number of rotatable bonds is 8. The van der Waals surface area contributed by atoms with Crippen LogP contribution in [0.15, 0.2) is 133 Å². The van der Waals surface area contributed by atoms with E-state index in [0.717, 1.165) is 52.3 Å². The number of benzene rings is 5. The largest absolute Gasteiger partial charge is 0.488 e. The molecule has 0 bridgehead atoms. The lowest BCUT2D eigenvalue weighted by Gasteiger charge is -2.41. The minimum atomic E-state index is -0.769. The molecule has 5 aromatic carbocycles. The van der Waals surface area contributed by atoms with E-state index in [-0.39, 0.29) is 0 Å². The van der Waals surface area contributed by atoms with Crippen molar-refractivity contribution >= 4 is 0 Å². The first-order chi connectivity index (χ1) is 18.8. The summed E-state index contributed by atoms with van der Waals surface area (Å²) in [6.07, 6.45) is 1.65. The van der Waals surface area contributed by atoms with Crippen LogP contribution in [0, 0.1) is 0 Å². The van der Waals surface area contributed by atoms with Crippen molar-refractivity contribution in [1.29, 1.82) is 0 Å². The first-order valence-electron chi connectivity index (χ1n) is 13.1. The third-order valence-electron chi connectivity index (χ3n) is 7.12. The van der Waals surface area contributed by atoms with Gasteiger partial charge in [0, 0.05) is 17.5 Å². The quantitative estimate of drug-likeness (QED) is 0.216. The Kier molecular flexibility index (Phi) is 6.82. The van der Waals surface area contributed by atoms with Crippen molar-refractivity contribution in [2.45, 2.75) is 31.7 Å². The zero-order valence-electron chi connectivity index (χ0n) is 21.3. The minimum absolute atomic E-state index is 0.483. The van der Waals surface area contributed by atoms with Gasteiger partial charge in [0.15, 0.2) is 5.60 Å². The van der Waals surface area contributed by atoms with Gasteiger partial charge in [0.2, 0.25) is 0 Å². The molecule has 1 aliphatic rings. The van der Waals surface area contributed by atoms with Crippen LogP contribution in [0.25, 0.3) is 0 Å². The van der Waals surface area contributed by atoms with E-state index in [4.69, 9.17) is 14.2 Å². The number of ether oxygens (including phenoxy) is 3. The highest BCUT2D eigenvalue weighted by molar-refractivity contribution is 5.53. The van der Waals surface area contributed by atoms with Crippen molar-refractivity contribution in [1.82, 2.24) is 0 Å². The molecule has 0 aromatic heterocycles. The molecule has 1 heterocycles. The van der Waals surface area contributed by atoms with E-state index < -0.39 is 5.60 Å². The van der Waals surface area contributed by atoms with Gasteiger partial charge in [0.1, 0.15) is 30.5 Å². The summed E-state index contributed by atoms with van der Waals surface area (Å²) in [4.78, 5) is 0. The van der Waals surface area contributed by atoms with Crippen LogP contribution in [0.1, 0.15) is 34.2 Å². The number of fused-ring (bicyclic) bond motifs is 1. The monoisotopic (exact) mass is 498 g/mol. The molecule has 0 aliphatic carbocycles. The Morgan fingerprint density at radius 1 is 0.526 bits per heavy atom. The first-order valence-corrected chi connectivity index (χ1v) is 13.1. The Hall–Kier alpha value is -4.50. The first kappa shape index (κ1) is 23.9. The zero-order valence-corrected chi connectivity index (χ0v) is 21.3. The topological polar surface area (TPSA) is 27.7 Å². The van der Waals surface area contributed by atoms with Crippen molar-refractivity contribution in [3.05, 3.63) is 161 Å². The zero-order chi connectivity index (χ0) is 25.6.